The first kappa shape index (κ1) is 17.0. The Morgan fingerprint density at radius 1 is 1.22 bits per heavy atom. The molecule has 3 aromatic heterocycles. The topological polar surface area (TPSA) is 93.4 Å². The number of aromatic amines is 1. The van der Waals surface area contributed by atoms with Crippen LogP contribution in [-0.4, -0.2) is 41.8 Å². The maximum absolute atomic E-state index is 12.3. The number of rotatable bonds is 7. The number of hydrogen-bond donors (Lipinski definition) is 2. The van der Waals surface area contributed by atoms with Crippen molar-refractivity contribution in [2.45, 2.75) is 26.4 Å². The lowest BCUT2D eigenvalue weighted by molar-refractivity contribution is 0.0947. The Hall–Kier alpha value is -3.42. The lowest BCUT2D eigenvalue weighted by Gasteiger charge is -2.07. The molecule has 0 fully saturated rings. The molecule has 8 nitrogen and oxygen atoms in total. The van der Waals surface area contributed by atoms with E-state index in [1.165, 1.54) is 0 Å². The zero-order valence-electron chi connectivity index (χ0n) is 15.1. The Morgan fingerprint density at radius 3 is 3.00 bits per heavy atom. The van der Waals surface area contributed by atoms with E-state index in [9.17, 15) is 4.79 Å². The Labute approximate surface area is 156 Å². The Kier molecular flexibility index (Phi) is 4.69. The molecule has 4 aromatic rings. The average Bonchev–Trinajstić information content (AvgIpc) is 3.42. The molecular weight excluding hydrogens is 342 g/mol. The molecule has 3 heterocycles. The minimum absolute atomic E-state index is 0.189. The molecule has 0 atom stereocenters. The number of nitrogens with zero attached hydrogens (tertiary/aromatic N) is 5. The van der Waals surface area contributed by atoms with Crippen LogP contribution in [0.25, 0.3) is 11.0 Å². The molecule has 0 radical (unpaired) electrons. The molecular formula is C19H21N7O. The predicted molar refractivity (Wildman–Crippen MR) is 101 cm³/mol. The van der Waals surface area contributed by atoms with Gasteiger partial charge in [0, 0.05) is 31.9 Å². The van der Waals surface area contributed by atoms with Crippen molar-refractivity contribution in [1.29, 1.82) is 0 Å². The molecule has 27 heavy (non-hydrogen) atoms. The lowest BCUT2D eigenvalue weighted by atomic mass is 10.3. The highest BCUT2D eigenvalue weighted by molar-refractivity contribution is 5.92. The van der Waals surface area contributed by atoms with E-state index in [2.05, 4.69) is 32.4 Å². The van der Waals surface area contributed by atoms with E-state index in [0.717, 1.165) is 29.0 Å². The van der Waals surface area contributed by atoms with Crippen LogP contribution < -0.4 is 5.32 Å². The fourth-order valence-electron chi connectivity index (χ4n) is 3.12. The van der Waals surface area contributed by atoms with Gasteiger partial charge in [0.2, 0.25) is 0 Å². The average molecular weight is 363 g/mol. The summed E-state index contributed by atoms with van der Waals surface area (Å²) in [6.07, 6.45) is 6.36. The number of para-hydroxylation sites is 2. The first-order valence-corrected chi connectivity index (χ1v) is 8.97. The number of carbonyl (C=O) groups is 1. The normalized spacial score (nSPS) is 11.1. The van der Waals surface area contributed by atoms with Crippen molar-refractivity contribution in [3.8, 4) is 0 Å². The van der Waals surface area contributed by atoms with Crippen LogP contribution in [0.5, 0.6) is 0 Å². The summed E-state index contributed by atoms with van der Waals surface area (Å²) in [5.41, 5.74) is 3.23. The molecule has 0 saturated heterocycles. The summed E-state index contributed by atoms with van der Waals surface area (Å²) in [5, 5.41) is 9.97. The van der Waals surface area contributed by atoms with Crippen molar-refractivity contribution in [3.63, 3.8) is 0 Å². The molecule has 0 saturated carbocycles. The minimum Gasteiger partial charge on any atom is -0.349 e. The second-order valence-electron chi connectivity index (χ2n) is 6.29. The van der Waals surface area contributed by atoms with Crippen molar-refractivity contribution >= 4 is 16.9 Å². The summed E-state index contributed by atoms with van der Waals surface area (Å²) in [5.74, 6) is 0.824. The lowest BCUT2D eigenvalue weighted by Crippen LogP contribution is -2.27. The Balaban J connectivity index is 1.36. The second kappa shape index (κ2) is 7.45. The van der Waals surface area contributed by atoms with Crippen LogP contribution in [0.15, 0.2) is 49.1 Å². The molecule has 0 spiro atoms. The van der Waals surface area contributed by atoms with E-state index < -0.39 is 0 Å². The summed E-state index contributed by atoms with van der Waals surface area (Å²) >= 11 is 0. The van der Waals surface area contributed by atoms with E-state index in [0.29, 0.717) is 25.3 Å². The highest BCUT2D eigenvalue weighted by Gasteiger charge is 2.11. The van der Waals surface area contributed by atoms with Gasteiger partial charge in [0.1, 0.15) is 11.5 Å². The smallest absolute Gasteiger partial charge is 0.271 e. The van der Waals surface area contributed by atoms with Gasteiger partial charge in [0.05, 0.1) is 29.6 Å². The van der Waals surface area contributed by atoms with Gasteiger partial charge in [-0.1, -0.05) is 19.1 Å². The van der Waals surface area contributed by atoms with Crippen LogP contribution in [0.3, 0.4) is 0 Å². The molecule has 0 bridgehead atoms. The van der Waals surface area contributed by atoms with Crippen LogP contribution in [-0.2, 0) is 19.5 Å². The SMILES string of the molecule is CCc1nccn1CCNC(=O)c1cc(Cn2cnc3ccccc32)[nH]n1. The van der Waals surface area contributed by atoms with Crippen molar-refractivity contribution in [3.05, 3.63) is 66.3 Å². The van der Waals surface area contributed by atoms with E-state index in [-0.39, 0.29) is 5.91 Å². The molecule has 4 rings (SSSR count). The number of H-pyrrole nitrogens is 1. The van der Waals surface area contributed by atoms with Crippen LogP contribution in [0, 0.1) is 0 Å². The van der Waals surface area contributed by atoms with E-state index >= 15 is 0 Å². The number of hydrogen-bond acceptors (Lipinski definition) is 4. The number of imidazole rings is 2. The van der Waals surface area contributed by atoms with Gasteiger partial charge in [0.25, 0.3) is 5.91 Å². The molecule has 138 valence electrons. The highest BCUT2D eigenvalue weighted by Crippen LogP contribution is 2.13. The van der Waals surface area contributed by atoms with Gasteiger partial charge in [0.15, 0.2) is 0 Å². The van der Waals surface area contributed by atoms with Gasteiger partial charge in [-0.15, -0.1) is 0 Å². The fraction of sp³-hybridized carbons (Fsp3) is 0.263. The minimum atomic E-state index is -0.189. The first-order valence-electron chi connectivity index (χ1n) is 8.97. The standard InChI is InChI=1S/C19H21N7O/c1-2-18-20-7-9-25(18)10-8-21-19(27)16-11-14(23-24-16)12-26-13-22-15-5-3-4-6-17(15)26/h3-7,9,11,13H,2,8,10,12H2,1H3,(H,21,27)(H,23,24). The number of aryl methyl sites for hydroxylation is 1. The summed E-state index contributed by atoms with van der Waals surface area (Å²) in [4.78, 5) is 21.0. The molecule has 0 unspecified atom stereocenters. The zero-order valence-corrected chi connectivity index (χ0v) is 15.1. The summed E-state index contributed by atoms with van der Waals surface area (Å²) in [6, 6.07) is 9.72. The van der Waals surface area contributed by atoms with Gasteiger partial charge >= 0.3 is 0 Å². The number of fused-ring (bicyclic) bond motifs is 1. The molecule has 8 heteroatoms. The Morgan fingerprint density at radius 2 is 2.11 bits per heavy atom. The van der Waals surface area contributed by atoms with E-state index in [4.69, 9.17) is 0 Å². The first-order chi connectivity index (χ1) is 13.2. The zero-order chi connectivity index (χ0) is 18.6. The van der Waals surface area contributed by atoms with Crippen LogP contribution in [0.4, 0.5) is 0 Å². The van der Waals surface area contributed by atoms with Crippen LogP contribution >= 0.6 is 0 Å². The largest absolute Gasteiger partial charge is 0.349 e. The monoisotopic (exact) mass is 363 g/mol. The number of amides is 1. The fourth-order valence-corrected chi connectivity index (χ4v) is 3.12. The van der Waals surface area contributed by atoms with Crippen molar-refractivity contribution in [2.75, 3.05) is 6.54 Å². The maximum Gasteiger partial charge on any atom is 0.271 e. The van der Waals surface area contributed by atoms with E-state index in [1.807, 2.05) is 39.6 Å². The van der Waals surface area contributed by atoms with Crippen molar-refractivity contribution in [2.24, 2.45) is 0 Å². The number of nitrogens with one attached hydrogen (secondary N) is 2. The van der Waals surface area contributed by atoms with Crippen LogP contribution in [0.2, 0.25) is 0 Å². The molecule has 1 aromatic carbocycles. The summed E-state index contributed by atoms with van der Waals surface area (Å²) in [6.45, 7) is 3.85. The van der Waals surface area contributed by atoms with Crippen molar-refractivity contribution in [1.82, 2.24) is 34.6 Å². The molecule has 0 aliphatic carbocycles. The Bertz CT molecular complexity index is 1060. The van der Waals surface area contributed by atoms with Crippen LogP contribution in [0.1, 0.15) is 28.9 Å². The highest BCUT2D eigenvalue weighted by atomic mass is 16.1. The second-order valence-corrected chi connectivity index (χ2v) is 6.29. The molecule has 2 N–H and O–H groups in total. The summed E-state index contributed by atoms with van der Waals surface area (Å²) in [7, 11) is 0. The molecule has 1 amide bonds. The quantitative estimate of drug-likeness (QED) is 0.525. The molecule has 0 aliphatic rings. The maximum atomic E-state index is 12.3. The van der Waals surface area contributed by atoms with Gasteiger partial charge in [-0.2, -0.15) is 5.10 Å². The number of benzene rings is 1. The van der Waals surface area contributed by atoms with Gasteiger partial charge in [-0.05, 0) is 18.2 Å². The van der Waals surface area contributed by atoms with Crippen molar-refractivity contribution < 1.29 is 4.79 Å². The van der Waals surface area contributed by atoms with Gasteiger partial charge in [-0.25, -0.2) is 9.97 Å². The number of carbonyl (C=O) groups excluding carboxylic acids is 1. The third-order valence-corrected chi connectivity index (χ3v) is 4.49. The number of aromatic nitrogens is 6. The summed E-state index contributed by atoms with van der Waals surface area (Å²) < 4.78 is 4.07. The third kappa shape index (κ3) is 3.59. The van der Waals surface area contributed by atoms with Gasteiger partial charge < -0.3 is 14.5 Å². The third-order valence-electron chi connectivity index (χ3n) is 4.49. The predicted octanol–water partition coefficient (Wildman–Crippen LogP) is 2.00. The van der Waals surface area contributed by atoms with E-state index in [1.54, 1.807) is 18.6 Å². The van der Waals surface area contributed by atoms with Gasteiger partial charge in [-0.3, -0.25) is 9.89 Å². The molecule has 0 aliphatic heterocycles.